The first kappa shape index (κ1) is 13.2. The standard InChI is InChI=1S/C13H17Cl2NO/c14-12-4-3-9(6-13(12)15)11-7-16-5-1-2-10(11)8-17/h3-4,6,10-11,16-17H,1-2,5,7-8H2/t10-,11-/m0/s1. The average molecular weight is 274 g/mol. The molecule has 1 saturated heterocycles. The summed E-state index contributed by atoms with van der Waals surface area (Å²) < 4.78 is 0. The molecule has 1 aliphatic heterocycles. The summed E-state index contributed by atoms with van der Waals surface area (Å²) >= 11 is 12.0. The van der Waals surface area contributed by atoms with Crippen LogP contribution >= 0.6 is 23.2 Å². The largest absolute Gasteiger partial charge is 0.396 e. The van der Waals surface area contributed by atoms with Gasteiger partial charge in [-0.05, 0) is 43.0 Å². The Bertz CT molecular complexity index is 384. The molecular formula is C13H17Cl2NO. The van der Waals surface area contributed by atoms with Crippen LogP contribution in [0.4, 0.5) is 0 Å². The van der Waals surface area contributed by atoms with E-state index in [0.717, 1.165) is 31.5 Å². The summed E-state index contributed by atoms with van der Waals surface area (Å²) in [5.74, 6) is 0.625. The number of hydrogen-bond acceptors (Lipinski definition) is 2. The lowest BCUT2D eigenvalue weighted by molar-refractivity contribution is 0.200. The monoisotopic (exact) mass is 273 g/mol. The fourth-order valence-electron chi connectivity index (χ4n) is 2.47. The zero-order valence-electron chi connectivity index (χ0n) is 9.63. The van der Waals surface area contributed by atoms with Gasteiger partial charge in [0.2, 0.25) is 0 Å². The van der Waals surface area contributed by atoms with E-state index in [9.17, 15) is 5.11 Å². The van der Waals surface area contributed by atoms with E-state index in [2.05, 4.69) is 5.32 Å². The lowest BCUT2D eigenvalue weighted by Gasteiger charge is -2.23. The van der Waals surface area contributed by atoms with E-state index in [1.54, 1.807) is 0 Å². The molecule has 0 aromatic heterocycles. The van der Waals surface area contributed by atoms with Crippen molar-refractivity contribution in [3.63, 3.8) is 0 Å². The minimum Gasteiger partial charge on any atom is -0.396 e. The molecular weight excluding hydrogens is 257 g/mol. The first-order valence-electron chi connectivity index (χ1n) is 5.99. The van der Waals surface area contributed by atoms with Crippen LogP contribution in [0.2, 0.25) is 10.0 Å². The van der Waals surface area contributed by atoms with Crippen molar-refractivity contribution in [2.24, 2.45) is 5.92 Å². The Morgan fingerprint density at radius 3 is 2.82 bits per heavy atom. The molecule has 2 atom stereocenters. The predicted molar refractivity (Wildman–Crippen MR) is 71.9 cm³/mol. The van der Waals surface area contributed by atoms with Crippen LogP contribution in [0.3, 0.4) is 0 Å². The second-order valence-corrected chi connectivity index (χ2v) is 5.38. The fourth-order valence-corrected chi connectivity index (χ4v) is 2.77. The van der Waals surface area contributed by atoms with Gasteiger partial charge in [-0.15, -0.1) is 0 Å². The van der Waals surface area contributed by atoms with E-state index < -0.39 is 0 Å². The molecule has 0 saturated carbocycles. The third kappa shape index (κ3) is 3.14. The van der Waals surface area contributed by atoms with Crippen molar-refractivity contribution < 1.29 is 5.11 Å². The smallest absolute Gasteiger partial charge is 0.0595 e. The molecule has 1 heterocycles. The third-order valence-electron chi connectivity index (χ3n) is 3.47. The molecule has 0 amide bonds. The van der Waals surface area contributed by atoms with Crippen LogP contribution in [-0.4, -0.2) is 24.8 Å². The van der Waals surface area contributed by atoms with Gasteiger partial charge in [0.1, 0.15) is 0 Å². The molecule has 0 bridgehead atoms. The molecule has 1 aromatic rings. The number of benzene rings is 1. The Morgan fingerprint density at radius 1 is 1.29 bits per heavy atom. The van der Waals surface area contributed by atoms with E-state index in [0.29, 0.717) is 21.9 Å². The highest BCUT2D eigenvalue weighted by Gasteiger charge is 2.24. The van der Waals surface area contributed by atoms with Gasteiger partial charge in [-0.1, -0.05) is 29.3 Å². The molecule has 1 aromatic carbocycles. The quantitative estimate of drug-likeness (QED) is 0.868. The number of halogens is 2. The summed E-state index contributed by atoms with van der Waals surface area (Å²) in [6.45, 7) is 2.14. The van der Waals surface area contributed by atoms with Gasteiger partial charge >= 0.3 is 0 Å². The molecule has 17 heavy (non-hydrogen) atoms. The van der Waals surface area contributed by atoms with E-state index in [1.165, 1.54) is 0 Å². The molecule has 1 aliphatic rings. The first-order chi connectivity index (χ1) is 8.22. The van der Waals surface area contributed by atoms with Gasteiger partial charge in [-0.25, -0.2) is 0 Å². The summed E-state index contributed by atoms with van der Waals surface area (Å²) in [6, 6.07) is 5.76. The van der Waals surface area contributed by atoms with Crippen molar-refractivity contribution in [3.05, 3.63) is 33.8 Å². The Kier molecular flexibility index (Phi) is 4.69. The fraction of sp³-hybridized carbons (Fsp3) is 0.538. The van der Waals surface area contributed by atoms with E-state index in [1.807, 2.05) is 18.2 Å². The summed E-state index contributed by atoms with van der Waals surface area (Å²) in [5, 5.41) is 14.1. The van der Waals surface area contributed by atoms with E-state index in [-0.39, 0.29) is 6.61 Å². The highest BCUT2D eigenvalue weighted by Crippen LogP contribution is 2.32. The van der Waals surface area contributed by atoms with Gasteiger partial charge in [-0.3, -0.25) is 0 Å². The van der Waals surface area contributed by atoms with Crippen molar-refractivity contribution >= 4 is 23.2 Å². The van der Waals surface area contributed by atoms with Gasteiger partial charge in [0.25, 0.3) is 0 Å². The Morgan fingerprint density at radius 2 is 2.12 bits per heavy atom. The van der Waals surface area contributed by atoms with E-state index in [4.69, 9.17) is 23.2 Å². The summed E-state index contributed by atoms with van der Waals surface area (Å²) in [6.07, 6.45) is 2.16. The molecule has 0 aliphatic carbocycles. The number of hydrogen-bond donors (Lipinski definition) is 2. The number of nitrogens with one attached hydrogen (secondary N) is 1. The van der Waals surface area contributed by atoms with Crippen LogP contribution in [-0.2, 0) is 0 Å². The maximum absolute atomic E-state index is 9.48. The Labute approximate surface area is 112 Å². The van der Waals surface area contributed by atoms with Crippen LogP contribution in [0.15, 0.2) is 18.2 Å². The lowest BCUT2D eigenvalue weighted by Crippen LogP contribution is -2.24. The van der Waals surface area contributed by atoms with Crippen LogP contribution < -0.4 is 5.32 Å². The van der Waals surface area contributed by atoms with Gasteiger partial charge in [0.05, 0.1) is 10.0 Å². The molecule has 2 rings (SSSR count). The normalized spacial score (nSPS) is 25.6. The second kappa shape index (κ2) is 6.05. The first-order valence-corrected chi connectivity index (χ1v) is 6.74. The molecule has 2 nitrogen and oxygen atoms in total. The Hall–Kier alpha value is -0.280. The zero-order valence-corrected chi connectivity index (χ0v) is 11.1. The Balaban J connectivity index is 2.25. The minimum atomic E-state index is 0.229. The lowest BCUT2D eigenvalue weighted by atomic mass is 9.84. The molecule has 0 spiro atoms. The zero-order chi connectivity index (χ0) is 12.3. The topological polar surface area (TPSA) is 32.3 Å². The molecule has 0 radical (unpaired) electrons. The molecule has 1 fully saturated rings. The van der Waals surface area contributed by atoms with Gasteiger partial charge < -0.3 is 10.4 Å². The minimum absolute atomic E-state index is 0.229. The highest BCUT2D eigenvalue weighted by molar-refractivity contribution is 6.42. The molecule has 94 valence electrons. The molecule has 4 heteroatoms. The molecule has 2 N–H and O–H groups in total. The summed E-state index contributed by atoms with van der Waals surface area (Å²) in [7, 11) is 0. The van der Waals surface area contributed by atoms with Crippen LogP contribution in [0.5, 0.6) is 0 Å². The third-order valence-corrected chi connectivity index (χ3v) is 4.21. The van der Waals surface area contributed by atoms with Crippen molar-refractivity contribution in [2.45, 2.75) is 18.8 Å². The van der Waals surface area contributed by atoms with Gasteiger partial charge in [0, 0.05) is 19.1 Å². The number of aliphatic hydroxyl groups excluding tert-OH is 1. The van der Waals surface area contributed by atoms with Crippen LogP contribution in [0, 0.1) is 5.92 Å². The summed E-state index contributed by atoms with van der Waals surface area (Å²) in [5.41, 5.74) is 1.16. The van der Waals surface area contributed by atoms with Crippen LogP contribution in [0.1, 0.15) is 24.3 Å². The van der Waals surface area contributed by atoms with Gasteiger partial charge in [-0.2, -0.15) is 0 Å². The summed E-state index contributed by atoms with van der Waals surface area (Å²) in [4.78, 5) is 0. The van der Waals surface area contributed by atoms with Crippen LogP contribution in [0.25, 0.3) is 0 Å². The maximum atomic E-state index is 9.48. The highest BCUT2D eigenvalue weighted by atomic mass is 35.5. The van der Waals surface area contributed by atoms with Crippen molar-refractivity contribution in [3.8, 4) is 0 Å². The maximum Gasteiger partial charge on any atom is 0.0595 e. The van der Waals surface area contributed by atoms with Gasteiger partial charge in [0.15, 0.2) is 0 Å². The van der Waals surface area contributed by atoms with Crippen molar-refractivity contribution in [1.29, 1.82) is 0 Å². The predicted octanol–water partition coefficient (Wildman–Crippen LogP) is 3.07. The van der Waals surface area contributed by atoms with E-state index >= 15 is 0 Å². The molecule has 0 unspecified atom stereocenters. The number of rotatable bonds is 2. The SMILES string of the molecule is OC[C@@H]1CCCNC[C@H]1c1ccc(Cl)c(Cl)c1. The van der Waals surface area contributed by atoms with Crippen molar-refractivity contribution in [2.75, 3.05) is 19.7 Å². The second-order valence-electron chi connectivity index (χ2n) is 4.57. The number of aliphatic hydroxyl groups is 1. The average Bonchev–Trinajstić information content (AvgIpc) is 2.57. The van der Waals surface area contributed by atoms with Crippen molar-refractivity contribution in [1.82, 2.24) is 5.32 Å².